The van der Waals surface area contributed by atoms with E-state index in [1.807, 2.05) is 18.3 Å². The third-order valence-electron chi connectivity index (χ3n) is 5.41. The van der Waals surface area contributed by atoms with Crippen LogP contribution in [0.25, 0.3) is 0 Å². The van der Waals surface area contributed by atoms with E-state index in [0.717, 1.165) is 37.3 Å². The average molecular weight is 343 g/mol. The quantitative estimate of drug-likeness (QED) is 0.861. The fraction of sp³-hybridized carbons (Fsp3) is 0.474. The number of hydrogen-bond acceptors (Lipinski definition) is 4. The summed E-state index contributed by atoms with van der Waals surface area (Å²) in [6, 6.07) is 10.1. The number of nitrogens with zero attached hydrogens (tertiary/aromatic N) is 3. The third kappa shape index (κ3) is 3.01. The highest BCUT2D eigenvalue weighted by atomic mass is 35.5. The number of aromatic nitrogens is 2. The van der Waals surface area contributed by atoms with Crippen LogP contribution in [0, 0.1) is 0 Å². The van der Waals surface area contributed by atoms with Gasteiger partial charge in [-0.15, -0.1) is 0 Å². The van der Waals surface area contributed by atoms with Crippen molar-refractivity contribution in [2.45, 2.75) is 43.6 Å². The van der Waals surface area contributed by atoms with Crippen LogP contribution in [0.5, 0.6) is 0 Å². The second-order valence-corrected chi connectivity index (χ2v) is 7.48. The van der Waals surface area contributed by atoms with E-state index in [1.54, 1.807) is 6.07 Å². The van der Waals surface area contributed by atoms with E-state index in [0.29, 0.717) is 11.1 Å². The number of rotatable bonds is 3. The maximum Gasteiger partial charge on any atom is 0.129 e. The predicted molar refractivity (Wildman–Crippen MR) is 97.4 cm³/mol. The molecule has 2 aromatic heterocycles. The zero-order chi connectivity index (χ0) is 16.6. The number of nitrogens with two attached hydrogens (primary N) is 1. The first kappa shape index (κ1) is 15.9. The van der Waals surface area contributed by atoms with Crippen LogP contribution in [0.2, 0.25) is 5.15 Å². The highest BCUT2D eigenvalue weighted by Gasteiger charge is 2.35. The van der Waals surface area contributed by atoms with Crippen molar-refractivity contribution >= 4 is 17.3 Å². The van der Waals surface area contributed by atoms with Gasteiger partial charge in [-0.25, -0.2) is 4.98 Å². The standard InChI is InChI=1S/C19H23ClN4/c20-18-7-2-6-17(23-18)19(21)10-3-11-24(13-19)15-8-9-16(22-12-15)14-4-1-5-14/h2,6-9,12,14H,1,3-5,10-11,13,21H2. The summed E-state index contributed by atoms with van der Waals surface area (Å²) in [7, 11) is 0. The Morgan fingerprint density at radius 1 is 1.17 bits per heavy atom. The molecule has 2 aliphatic rings. The van der Waals surface area contributed by atoms with Crippen molar-refractivity contribution in [1.29, 1.82) is 0 Å². The lowest BCUT2D eigenvalue weighted by Crippen LogP contribution is -2.52. The topological polar surface area (TPSA) is 55.0 Å². The Balaban J connectivity index is 1.53. The minimum atomic E-state index is -0.463. The number of anilines is 1. The molecule has 4 rings (SSSR count). The number of halogens is 1. The summed E-state index contributed by atoms with van der Waals surface area (Å²) in [5.41, 5.74) is 9.50. The molecule has 2 N–H and O–H groups in total. The smallest absolute Gasteiger partial charge is 0.129 e. The Bertz CT molecular complexity index is 714. The molecule has 2 aromatic rings. The van der Waals surface area contributed by atoms with E-state index in [9.17, 15) is 0 Å². The molecule has 0 radical (unpaired) electrons. The Morgan fingerprint density at radius 2 is 2.04 bits per heavy atom. The van der Waals surface area contributed by atoms with Gasteiger partial charge in [0.2, 0.25) is 0 Å². The van der Waals surface area contributed by atoms with Gasteiger partial charge in [-0.3, -0.25) is 4.98 Å². The van der Waals surface area contributed by atoms with Crippen LogP contribution in [0.3, 0.4) is 0 Å². The normalized spacial score (nSPS) is 24.7. The summed E-state index contributed by atoms with van der Waals surface area (Å²) in [5.74, 6) is 0.671. The lowest BCUT2D eigenvalue weighted by atomic mass is 9.82. The summed E-state index contributed by atoms with van der Waals surface area (Å²) in [4.78, 5) is 11.5. The summed E-state index contributed by atoms with van der Waals surface area (Å²) < 4.78 is 0. The molecule has 1 saturated heterocycles. The largest absolute Gasteiger partial charge is 0.368 e. The lowest BCUT2D eigenvalue weighted by molar-refractivity contribution is 0.345. The van der Waals surface area contributed by atoms with E-state index in [2.05, 4.69) is 22.0 Å². The molecule has 0 spiro atoms. The van der Waals surface area contributed by atoms with Gasteiger partial charge in [0.1, 0.15) is 5.15 Å². The molecule has 0 amide bonds. The van der Waals surface area contributed by atoms with Crippen molar-refractivity contribution in [2.75, 3.05) is 18.0 Å². The van der Waals surface area contributed by atoms with Crippen molar-refractivity contribution < 1.29 is 0 Å². The predicted octanol–water partition coefficient (Wildman–Crippen LogP) is 3.85. The van der Waals surface area contributed by atoms with E-state index in [1.165, 1.54) is 25.0 Å². The average Bonchev–Trinajstić information content (AvgIpc) is 2.54. The molecule has 1 aliphatic heterocycles. The molecule has 2 fully saturated rings. The zero-order valence-corrected chi connectivity index (χ0v) is 14.5. The van der Waals surface area contributed by atoms with Crippen molar-refractivity contribution in [1.82, 2.24) is 9.97 Å². The molecule has 4 nitrogen and oxygen atoms in total. The molecular weight excluding hydrogens is 320 g/mol. The fourth-order valence-electron chi connectivity index (χ4n) is 3.73. The van der Waals surface area contributed by atoms with Gasteiger partial charge in [-0.1, -0.05) is 24.1 Å². The first-order chi connectivity index (χ1) is 11.6. The van der Waals surface area contributed by atoms with Gasteiger partial charge in [0.05, 0.1) is 23.1 Å². The molecule has 0 aromatic carbocycles. The monoisotopic (exact) mass is 342 g/mol. The molecule has 3 heterocycles. The Kier molecular flexibility index (Phi) is 4.19. The SMILES string of the molecule is NC1(c2cccc(Cl)n2)CCCN(c2ccc(C3CCC3)nc2)C1. The van der Waals surface area contributed by atoms with Crippen LogP contribution in [0.4, 0.5) is 5.69 Å². The summed E-state index contributed by atoms with van der Waals surface area (Å²) in [5, 5.41) is 0.501. The van der Waals surface area contributed by atoms with Gasteiger partial charge in [0.15, 0.2) is 0 Å². The third-order valence-corrected chi connectivity index (χ3v) is 5.62. The van der Waals surface area contributed by atoms with Crippen molar-refractivity contribution in [3.63, 3.8) is 0 Å². The maximum atomic E-state index is 6.70. The molecule has 0 bridgehead atoms. The maximum absolute atomic E-state index is 6.70. The summed E-state index contributed by atoms with van der Waals surface area (Å²) in [6.45, 7) is 1.74. The van der Waals surface area contributed by atoms with Crippen LogP contribution in [0.15, 0.2) is 36.5 Å². The molecule has 1 saturated carbocycles. The van der Waals surface area contributed by atoms with Crippen LogP contribution in [-0.4, -0.2) is 23.1 Å². The van der Waals surface area contributed by atoms with Gasteiger partial charge >= 0.3 is 0 Å². The minimum Gasteiger partial charge on any atom is -0.368 e. The minimum absolute atomic E-state index is 0.463. The molecule has 5 heteroatoms. The van der Waals surface area contributed by atoms with E-state index >= 15 is 0 Å². The second-order valence-electron chi connectivity index (χ2n) is 7.10. The molecule has 1 aliphatic carbocycles. The number of piperidine rings is 1. The number of pyridine rings is 2. The van der Waals surface area contributed by atoms with E-state index < -0.39 is 5.54 Å². The molecule has 126 valence electrons. The molecule has 24 heavy (non-hydrogen) atoms. The van der Waals surface area contributed by atoms with Gasteiger partial charge in [-0.05, 0) is 49.9 Å². The fourth-order valence-corrected chi connectivity index (χ4v) is 3.89. The van der Waals surface area contributed by atoms with E-state index in [-0.39, 0.29) is 0 Å². The van der Waals surface area contributed by atoms with Gasteiger partial charge in [-0.2, -0.15) is 0 Å². The van der Waals surface area contributed by atoms with Crippen LogP contribution < -0.4 is 10.6 Å². The molecule has 1 atom stereocenters. The highest BCUT2D eigenvalue weighted by molar-refractivity contribution is 6.29. The van der Waals surface area contributed by atoms with Crippen molar-refractivity contribution in [3.8, 4) is 0 Å². The summed E-state index contributed by atoms with van der Waals surface area (Å²) >= 11 is 6.06. The number of hydrogen-bond donors (Lipinski definition) is 1. The van der Waals surface area contributed by atoms with Gasteiger partial charge in [0.25, 0.3) is 0 Å². The summed E-state index contributed by atoms with van der Waals surface area (Å²) in [6.07, 6.45) is 7.86. The van der Waals surface area contributed by atoms with Crippen LogP contribution >= 0.6 is 11.6 Å². The second kappa shape index (κ2) is 6.34. The van der Waals surface area contributed by atoms with Crippen LogP contribution in [0.1, 0.15) is 49.4 Å². The van der Waals surface area contributed by atoms with E-state index in [4.69, 9.17) is 22.3 Å². The van der Waals surface area contributed by atoms with Gasteiger partial charge < -0.3 is 10.6 Å². The zero-order valence-electron chi connectivity index (χ0n) is 13.8. The first-order valence-corrected chi connectivity index (χ1v) is 9.15. The van der Waals surface area contributed by atoms with Crippen LogP contribution in [-0.2, 0) is 5.54 Å². The Morgan fingerprint density at radius 3 is 2.71 bits per heavy atom. The Labute approximate surface area is 148 Å². The Hall–Kier alpha value is -1.65. The lowest BCUT2D eigenvalue weighted by Gasteiger charge is -2.41. The molecule has 1 unspecified atom stereocenters. The molecular formula is C19H23ClN4. The first-order valence-electron chi connectivity index (χ1n) is 8.77. The van der Waals surface area contributed by atoms with Crippen molar-refractivity contribution in [2.24, 2.45) is 5.73 Å². The van der Waals surface area contributed by atoms with Crippen molar-refractivity contribution in [3.05, 3.63) is 53.1 Å². The highest BCUT2D eigenvalue weighted by Crippen LogP contribution is 2.36. The van der Waals surface area contributed by atoms with Gasteiger partial charge in [0, 0.05) is 24.7 Å².